The lowest BCUT2D eigenvalue weighted by Gasteiger charge is -2.30. The van der Waals surface area contributed by atoms with E-state index in [4.69, 9.17) is 0 Å². The average molecular weight is 656 g/mol. The minimum absolute atomic E-state index is 0.102. The molecule has 0 aromatic rings. The molecule has 43 heavy (non-hydrogen) atoms. The maximum Gasteiger partial charge on any atom is 0.327 e. The van der Waals surface area contributed by atoms with Crippen molar-refractivity contribution >= 4 is 66.9 Å². The molecule has 19 heteroatoms. The van der Waals surface area contributed by atoms with Gasteiger partial charge in [0.2, 0.25) is 11.8 Å². The number of rotatable bonds is 22. The lowest BCUT2D eigenvalue weighted by atomic mass is 10.0. The lowest BCUT2D eigenvalue weighted by Crippen LogP contribution is -2.54. The van der Waals surface area contributed by atoms with Crippen LogP contribution < -0.4 is 10.6 Å². The van der Waals surface area contributed by atoms with Gasteiger partial charge in [-0.25, -0.2) is 9.59 Å². The first-order chi connectivity index (χ1) is 19.5. The highest BCUT2D eigenvalue weighted by atomic mass is 32.1. The minimum Gasteiger partial charge on any atom is -0.480 e. The third-order valence-electron chi connectivity index (χ3n) is 5.79. The van der Waals surface area contributed by atoms with Crippen molar-refractivity contribution in [1.82, 2.24) is 25.3 Å². The van der Waals surface area contributed by atoms with Crippen molar-refractivity contribution in [2.24, 2.45) is 0 Å². The van der Waals surface area contributed by atoms with Crippen molar-refractivity contribution in [3.8, 4) is 0 Å². The summed E-state index contributed by atoms with van der Waals surface area (Å²) in [5.74, 6) is -8.16. The summed E-state index contributed by atoms with van der Waals surface area (Å²) in [5.41, 5.74) is 0. The normalized spacial score (nSPS) is 13.4. The molecule has 0 rings (SSSR count). The molecule has 17 nitrogen and oxygen atoms in total. The van der Waals surface area contributed by atoms with Crippen LogP contribution in [-0.2, 0) is 33.6 Å². The molecule has 0 spiro atoms. The fraction of sp³-hybridized carbons (Fsp3) is 0.708. The van der Waals surface area contributed by atoms with Gasteiger partial charge in [0.1, 0.15) is 12.1 Å². The predicted octanol–water partition coefficient (Wildman–Crippen LogP) is -2.30. The van der Waals surface area contributed by atoms with Gasteiger partial charge in [0.15, 0.2) is 0 Å². The van der Waals surface area contributed by atoms with Gasteiger partial charge in [0.25, 0.3) is 0 Å². The van der Waals surface area contributed by atoms with Crippen LogP contribution in [0.25, 0.3) is 0 Å². The number of nitrogens with one attached hydrogen (secondary N) is 2. The van der Waals surface area contributed by atoms with Crippen LogP contribution in [0.4, 0.5) is 0 Å². The highest BCUT2D eigenvalue weighted by Gasteiger charge is 2.35. The third kappa shape index (κ3) is 17.6. The SMILES string of the molecule is CC(C)(S)[C@H](NC(=O)CN(CCN(CCN(CC(=O)O)CC(=O)N[C@H](C(=O)O)C(C)(C)S)CC(=O)O)CC(=O)O)C(=O)O. The number of carbonyl (C=O) groups excluding carboxylic acids is 2. The first-order valence-corrected chi connectivity index (χ1v) is 13.7. The number of hydrogen-bond donors (Lipinski definition) is 9. The fourth-order valence-electron chi connectivity index (χ4n) is 3.74. The molecule has 0 bridgehead atoms. The van der Waals surface area contributed by atoms with Crippen molar-refractivity contribution in [1.29, 1.82) is 0 Å². The summed E-state index contributed by atoms with van der Waals surface area (Å²) < 4.78 is -2.29. The molecule has 2 atom stereocenters. The van der Waals surface area contributed by atoms with Crippen LogP contribution in [0.15, 0.2) is 0 Å². The van der Waals surface area contributed by atoms with Crippen LogP contribution in [-0.4, -0.2) is 162 Å². The molecule has 0 aliphatic carbocycles. The summed E-state index contributed by atoms with van der Waals surface area (Å²) in [5, 5.41) is 51.2. The second kappa shape index (κ2) is 17.9. The number of thiol groups is 2. The van der Waals surface area contributed by atoms with Crippen molar-refractivity contribution < 1.29 is 59.1 Å². The zero-order chi connectivity index (χ0) is 33.7. The molecule has 0 saturated carbocycles. The maximum atomic E-state index is 12.5. The molecule has 0 unspecified atom stereocenters. The maximum absolute atomic E-state index is 12.5. The van der Waals surface area contributed by atoms with Gasteiger partial charge in [-0.05, 0) is 27.7 Å². The minimum atomic E-state index is -1.39. The van der Waals surface area contributed by atoms with E-state index in [2.05, 4.69) is 35.9 Å². The highest BCUT2D eigenvalue weighted by molar-refractivity contribution is 7.82. The molecule has 0 heterocycles. The Bertz CT molecular complexity index is 959. The quantitative estimate of drug-likeness (QED) is 0.0556. The van der Waals surface area contributed by atoms with Crippen LogP contribution in [0.3, 0.4) is 0 Å². The second-order valence-corrected chi connectivity index (χ2v) is 13.2. The molecular weight excluding hydrogens is 614 g/mol. The van der Waals surface area contributed by atoms with Gasteiger partial charge in [-0.3, -0.25) is 38.7 Å². The van der Waals surface area contributed by atoms with Gasteiger partial charge in [-0.1, -0.05) is 0 Å². The Labute approximate surface area is 259 Å². The van der Waals surface area contributed by atoms with Gasteiger partial charge in [-0.2, -0.15) is 25.3 Å². The summed E-state index contributed by atoms with van der Waals surface area (Å²) in [6, 6.07) is -2.78. The summed E-state index contributed by atoms with van der Waals surface area (Å²) in [6.07, 6.45) is 0. The van der Waals surface area contributed by atoms with Crippen LogP contribution in [0.2, 0.25) is 0 Å². The van der Waals surface area contributed by atoms with Gasteiger partial charge in [0.05, 0.1) is 32.7 Å². The van der Waals surface area contributed by atoms with Crippen LogP contribution >= 0.6 is 25.3 Å². The molecule has 246 valence electrons. The molecule has 0 fully saturated rings. The van der Waals surface area contributed by atoms with Gasteiger partial charge in [0, 0.05) is 35.7 Å². The number of nitrogens with zero attached hydrogens (tertiary/aromatic N) is 3. The number of hydrogen-bond acceptors (Lipinski definition) is 12. The van der Waals surface area contributed by atoms with E-state index in [1.165, 1.54) is 32.6 Å². The summed E-state index contributed by atoms with van der Waals surface area (Å²) in [7, 11) is 0. The van der Waals surface area contributed by atoms with E-state index in [0.29, 0.717) is 0 Å². The second-order valence-electron chi connectivity index (χ2n) is 10.9. The number of carboxylic acids is 5. The van der Waals surface area contributed by atoms with Gasteiger partial charge < -0.3 is 36.2 Å². The summed E-state index contributed by atoms with van der Waals surface area (Å²) in [6.45, 7) is 2.51. The van der Waals surface area contributed by atoms with E-state index in [0.717, 1.165) is 9.80 Å². The average Bonchev–Trinajstić information content (AvgIpc) is 2.79. The number of carbonyl (C=O) groups is 7. The topological polar surface area (TPSA) is 254 Å². The molecule has 0 aromatic heterocycles. The first kappa shape index (κ1) is 39.9. The monoisotopic (exact) mass is 655 g/mol. The predicted molar refractivity (Wildman–Crippen MR) is 157 cm³/mol. The molecule has 0 saturated heterocycles. The number of aliphatic carboxylic acids is 5. The Balaban J connectivity index is 5.54. The fourth-order valence-corrected chi connectivity index (χ4v) is 4.09. The molecule has 0 aromatic carbocycles. The van der Waals surface area contributed by atoms with Crippen molar-refractivity contribution in [3.63, 3.8) is 0 Å². The Morgan fingerprint density at radius 1 is 0.535 bits per heavy atom. The molecule has 0 aliphatic heterocycles. The Hall–Kier alpha value is -3.13. The smallest absolute Gasteiger partial charge is 0.327 e. The molecular formula is C24H41N5O12S2. The molecule has 0 radical (unpaired) electrons. The van der Waals surface area contributed by atoms with Gasteiger partial charge >= 0.3 is 29.8 Å². The van der Waals surface area contributed by atoms with Crippen LogP contribution in [0, 0.1) is 0 Å². The van der Waals surface area contributed by atoms with Crippen molar-refractivity contribution in [3.05, 3.63) is 0 Å². The van der Waals surface area contributed by atoms with Crippen molar-refractivity contribution in [2.45, 2.75) is 49.3 Å². The third-order valence-corrected chi connectivity index (χ3v) is 6.31. The number of carboxylic acid groups (broad SMARTS) is 5. The Morgan fingerprint density at radius 2 is 0.791 bits per heavy atom. The van der Waals surface area contributed by atoms with Crippen LogP contribution in [0.5, 0.6) is 0 Å². The zero-order valence-corrected chi connectivity index (χ0v) is 26.1. The Kier molecular flexibility index (Phi) is 16.6. The van der Waals surface area contributed by atoms with E-state index in [9.17, 15) is 59.1 Å². The van der Waals surface area contributed by atoms with E-state index in [1.807, 2.05) is 0 Å². The van der Waals surface area contributed by atoms with Crippen LogP contribution in [0.1, 0.15) is 27.7 Å². The van der Waals surface area contributed by atoms with E-state index >= 15 is 0 Å². The van der Waals surface area contributed by atoms with E-state index < -0.39 is 96.0 Å². The molecule has 0 aliphatic rings. The largest absolute Gasteiger partial charge is 0.480 e. The summed E-state index contributed by atoms with van der Waals surface area (Å²) >= 11 is 8.33. The summed E-state index contributed by atoms with van der Waals surface area (Å²) in [4.78, 5) is 85.9. The van der Waals surface area contributed by atoms with E-state index in [-0.39, 0.29) is 26.2 Å². The standard InChI is InChI=1S/C24H41N5O12S2/c1-23(2,42)19(21(38)39)25-14(30)9-28(12-17(34)35)7-5-27(11-16(32)33)6-8-29(13-18(36)37)10-15(31)26-20(22(40)41)24(3,4)43/h19-20,42-43H,5-13H2,1-4H3,(H,25,30)(H,26,31)(H,32,33)(H,34,35)(H,36,37)(H,38,39)(H,40,41)/t19-,20-/m1/s1. The zero-order valence-electron chi connectivity index (χ0n) is 24.3. The first-order valence-electron chi connectivity index (χ1n) is 12.8. The van der Waals surface area contributed by atoms with Gasteiger partial charge in [-0.15, -0.1) is 0 Å². The lowest BCUT2D eigenvalue weighted by molar-refractivity contribution is -0.144. The number of amides is 2. The molecule has 7 N–H and O–H groups in total. The molecule has 2 amide bonds. The van der Waals surface area contributed by atoms with Crippen molar-refractivity contribution in [2.75, 3.05) is 58.9 Å². The Morgan fingerprint density at radius 3 is 1.02 bits per heavy atom. The van der Waals surface area contributed by atoms with E-state index in [1.54, 1.807) is 0 Å². The highest BCUT2D eigenvalue weighted by Crippen LogP contribution is 2.18.